The first-order chi connectivity index (χ1) is 13.4. The van der Waals surface area contributed by atoms with E-state index in [4.69, 9.17) is 4.74 Å². The zero-order chi connectivity index (χ0) is 19.5. The molecule has 5 atom stereocenters. The Bertz CT molecular complexity index is 827. The van der Waals surface area contributed by atoms with Crippen LogP contribution in [-0.2, 0) is 4.79 Å². The molecule has 1 aromatic carbocycles. The van der Waals surface area contributed by atoms with Crippen molar-refractivity contribution in [1.29, 1.82) is 0 Å². The van der Waals surface area contributed by atoms with Crippen LogP contribution in [0.25, 0.3) is 0 Å². The van der Waals surface area contributed by atoms with Gasteiger partial charge in [0.2, 0.25) is 5.91 Å². The van der Waals surface area contributed by atoms with E-state index < -0.39 is 11.8 Å². The Morgan fingerprint density at radius 2 is 2.14 bits per heavy atom. The van der Waals surface area contributed by atoms with Crippen molar-refractivity contribution in [2.45, 2.75) is 57.3 Å². The number of nitrogens with zero attached hydrogens (tertiary/aromatic N) is 1. The molecular weight excluding hydrogens is 356 g/mol. The predicted octanol–water partition coefficient (Wildman–Crippen LogP) is 2.31. The van der Waals surface area contributed by atoms with Crippen LogP contribution in [0.4, 0.5) is 0 Å². The first-order valence-electron chi connectivity index (χ1n) is 10.5. The lowest BCUT2D eigenvalue weighted by Gasteiger charge is -2.60. The molecule has 6 heteroatoms. The van der Waals surface area contributed by atoms with Crippen molar-refractivity contribution >= 4 is 11.8 Å². The molecule has 3 aliphatic carbocycles. The maximum absolute atomic E-state index is 13.3. The molecule has 1 aromatic rings. The number of β-amino-alcohol motifs (C(OH)–C–C–N with tert-alkyl or cyclic N) is 1. The molecule has 2 aliphatic heterocycles. The number of nitrogens with one attached hydrogen (secondary N) is 1. The Balaban J connectivity index is 1.41. The van der Waals surface area contributed by atoms with Crippen molar-refractivity contribution in [1.82, 2.24) is 10.2 Å². The Hall–Kier alpha value is -2.08. The van der Waals surface area contributed by atoms with Gasteiger partial charge in [-0.3, -0.25) is 9.59 Å². The molecule has 2 heterocycles. The lowest BCUT2D eigenvalue weighted by molar-refractivity contribution is -0.176. The van der Waals surface area contributed by atoms with E-state index in [9.17, 15) is 14.7 Å². The minimum absolute atomic E-state index is 0.0696. The van der Waals surface area contributed by atoms with Crippen LogP contribution >= 0.6 is 0 Å². The molecule has 5 aliphatic rings. The largest absolute Gasteiger partial charge is 0.467 e. The third kappa shape index (κ3) is 2.65. The van der Waals surface area contributed by atoms with Gasteiger partial charge in [-0.15, -0.1) is 0 Å². The highest BCUT2D eigenvalue weighted by molar-refractivity contribution is 5.98. The summed E-state index contributed by atoms with van der Waals surface area (Å²) in [5.41, 5.74) is -0.348. The van der Waals surface area contributed by atoms with Crippen molar-refractivity contribution in [3.63, 3.8) is 0 Å². The quantitative estimate of drug-likeness (QED) is 0.779. The van der Waals surface area contributed by atoms with Gasteiger partial charge in [0, 0.05) is 31.3 Å². The van der Waals surface area contributed by atoms with Gasteiger partial charge in [-0.25, -0.2) is 0 Å². The molecule has 0 aromatic heterocycles. The van der Waals surface area contributed by atoms with Gasteiger partial charge in [-0.05, 0) is 49.7 Å². The fourth-order valence-electron chi connectivity index (χ4n) is 6.01. The molecule has 2 bridgehead atoms. The van der Waals surface area contributed by atoms with Gasteiger partial charge in [0.25, 0.3) is 5.91 Å². The monoisotopic (exact) mass is 384 g/mol. The number of aliphatic hydroxyl groups is 1. The van der Waals surface area contributed by atoms with Gasteiger partial charge in [-0.1, -0.05) is 19.1 Å². The number of carbonyl (C=O) groups excluding carboxylic acids is 2. The van der Waals surface area contributed by atoms with E-state index >= 15 is 0 Å². The van der Waals surface area contributed by atoms with Gasteiger partial charge < -0.3 is 20.1 Å². The van der Waals surface area contributed by atoms with Crippen molar-refractivity contribution in [2.24, 2.45) is 17.3 Å². The van der Waals surface area contributed by atoms with Crippen molar-refractivity contribution in [3.05, 3.63) is 29.8 Å². The predicted molar refractivity (Wildman–Crippen MR) is 103 cm³/mol. The van der Waals surface area contributed by atoms with Crippen molar-refractivity contribution in [3.8, 4) is 5.75 Å². The second-order valence-corrected chi connectivity index (χ2v) is 9.38. The second kappa shape index (κ2) is 6.21. The van der Waals surface area contributed by atoms with Crippen LogP contribution < -0.4 is 10.1 Å². The third-order valence-corrected chi connectivity index (χ3v) is 7.51. The minimum Gasteiger partial charge on any atom is -0.467 e. The van der Waals surface area contributed by atoms with Gasteiger partial charge >= 0.3 is 0 Å². The maximum atomic E-state index is 13.3. The van der Waals surface area contributed by atoms with E-state index in [1.54, 1.807) is 6.07 Å². The number of hydrogen-bond donors (Lipinski definition) is 2. The molecular formula is C22H28N2O4. The SMILES string of the molecule is C[C@@]12CC[C@H](C[C@@H]1C(=O)N1CCC[C@H](O)C1)[C@@]1(C2)NC(=O)c2ccccc2O1. The van der Waals surface area contributed by atoms with Gasteiger partial charge in [0.1, 0.15) is 5.75 Å². The van der Waals surface area contributed by atoms with Crippen LogP contribution in [0.3, 0.4) is 0 Å². The molecule has 6 nitrogen and oxygen atoms in total. The number of aliphatic hydroxyl groups excluding tert-OH is 1. The van der Waals surface area contributed by atoms with E-state index in [1.165, 1.54) is 0 Å². The first-order valence-corrected chi connectivity index (χ1v) is 10.5. The van der Waals surface area contributed by atoms with E-state index in [0.717, 1.165) is 38.6 Å². The Labute approximate surface area is 165 Å². The van der Waals surface area contributed by atoms with Crippen LogP contribution in [-0.4, -0.2) is 46.7 Å². The number of amides is 2. The lowest BCUT2D eigenvalue weighted by atomic mass is 9.52. The number of hydrogen-bond acceptors (Lipinski definition) is 4. The van der Waals surface area contributed by atoms with E-state index in [1.807, 2.05) is 23.1 Å². The van der Waals surface area contributed by atoms with Crippen LogP contribution in [0, 0.1) is 17.3 Å². The zero-order valence-electron chi connectivity index (χ0n) is 16.3. The fraction of sp³-hybridized carbons (Fsp3) is 0.636. The molecule has 2 N–H and O–H groups in total. The molecule has 150 valence electrons. The number of para-hydroxylation sites is 1. The summed E-state index contributed by atoms with van der Waals surface area (Å²) < 4.78 is 6.42. The van der Waals surface area contributed by atoms with Gasteiger partial charge in [-0.2, -0.15) is 0 Å². The van der Waals surface area contributed by atoms with E-state index in [0.29, 0.717) is 24.3 Å². The Morgan fingerprint density at radius 1 is 1.32 bits per heavy atom. The van der Waals surface area contributed by atoms with Crippen molar-refractivity contribution in [2.75, 3.05) is 13.1 Å². The van der Waals surface area contributed by atoms with E-state index in [2.05, 4.69) is 12.2 Å². The Kier molecular flexibility index (Phi) is 3.99. The number of fused-ring (bicyclic) bond motifs is 3. The molecule has 3 saturated carbocycles. The van der Waals surface area contributed by atoms with Crippen molar-refractivity contribution < 1.29 is 19.4 Å². The molecule has 4 fully saturated rings. The minimum atomic E-state index is -0.712. The summed E-state index contributed by atoms with van der Waals surface area (Å²) in [6.45, 7) is 3.35. The molecule has 1 spiro atoms. The molecule has 0 unspecified atom stereocenters. The smallest absolute Gasteiger partial charge is 0.258 e. The summed E-state index contributed by atoms with van der Waals surface area (Å²) in [6, 6.07) is 7.38. The second-order valence-electron chi connectivity index (χ2n) is 9.38. The number of ether oxygens (including phenoxy) is 1. The molecule has 1 saturated heterocycles. The van der Waals surface area contributed by atoms with Crippen LogP contribution in [0.5, 0.6) is 5.75 Å². The summed E-state index contributed by atoms with van der Waals surface area (Å²) in [5.74, 6) is 0.780. The Morgan fingerprint density at radius 3 is 2.93 bits per heavy atom. The lowest BCUT2D eigenvalue weighted by Crippen LogP contribution is -2.69. The molecule has 28 heavy (non-hydrogen) atoms. The first kappa shape index (κ1) is 18.0. The zero-order valence-corrected chi connectivity index (χ0v) is 16.3. The summed E-state index contributed by atoms with van der Waals surface area (Å²) in [4.78, 5) is 27.9. The number of benzene rings is 1. The van der Waals surface area contributed by atoms with Crippen LogP contribution in [0.15, 0.2) is 24.3 Å². The van der Waals surface area contributed by atoms with Gasteiger partial charge in [0.05, 0.1) is 11.7 Å². The maximum Gasteiger partial charge on any atom is 0.258 e. The highest BCUT2D eigenvalue weighted by atomic mass is 16.5. The van der Waals surface area contributed by atoms with Crippen LogP contribution in [0.1, 0.15) is 55.8 Å². The highest BCUT2D eigenvalue weighted by Crippen LogP contribution is 2.59. The standard InChI is InChI=1S/C22H28N2O4/c1-21-9-8-14(11-17(21)20(27)24-10-4-5-15(25)12-24)22(13-21)23-19(26)16-6-2-3-7-18(16)28-22/h2-3,6-7,14-15,17,25H,4-5,8-13H2,1H3,(H,23,26)/t14-,15+,17-,21+,22+/m1/s1. The topological polar surface area (TPSA) is 78.9 Å². The number of carbonyl (C=O) groups is 2. The third-order valence-electron chi connectivity index (χ3n) is 7.51. The molecule has 0 radical (unpaired) electrons. The van der Waals surface area contributed by atoms with E-state index in [-0.39, 0.29) is 29.1 Å². The summed E-state index contributed by atoms with van der Waals surface area (Å²) in [7, 11) is 0. The van der Waals surface area contributed by atoms with Gasteiger partial charge in [0.15, 0.2) is 5.72 Å². The molecule has 6 rings (SSSR count). The number of piperidine rings is 1. The molecule has 2 amide bonds. The van der Waals surface area contributed by atoms with Crippen LogP contribution in [0.2, 0.25) is 0 Å². The normalized spacial score (nSPS) is 39.3. The summed E-state index contributed by atoms with van der Waals surface area (Å²) in [6.07, 6.45) is 4.52. The number of rotatable bonds is 1. The average Bonchev–Trinajstić information content (AvgIpc) is 2.67. The summed E-state index contributed by atoms with van der Waals surface area (Å²) >= 11 is 0. The highest BCUT2D eigenvalue weighted by Gasteiger charge is 2.62. The average molecular weight is 384 g/mol. The number of likely N-dealkylation sites (tertiary alicyclic amines) is 1. The fourth-order valence-corrected chi connectivity index (χ4v) is 6.01. The summed E-state index contributed by atoms with van der Waals surface area (Å²) in [5, 5.41) is 13.1.